The van der Waals surface area contributed by atoms with Crippen molar-refractivity contribution in [2.24, 2.45) is 43.3 Å². The Hall–Kier alpha value is -2.76. The molecular weight excluding hydrogens is 1190 g/mol. The highest BCUT2D eigenvalue weighted by Crippen LogP contribution is 2.46. The number of para-hydroxylation sites is 2. The van der Waals surface area contributed by atoms with Crippen LogP contribution < -0.4 is 0 Å². The first-order valence-corrected chi connectivity index (χ1v) is 35.0. The van der Waals surface area contributed by atoms with Crippen LogP contribution >= 0.6 is 0 Å². The number of nitrogens with zero attached hydrogens (tertiary/aromatic N) is 2. The van der Waals surface area contributed by atoms with Gasteiger partial charge in [-0.2, -0.15) is 0 Å². The van der Waals surface area contributed by atoms with Gasteiger partial charge >= 0.3 is 6.29 Å². The largest absolute Gasteiger partial charge is 0.486 e. The third-order valence-corrected chi connectivity index (χ3v) is 16.6. The molecule has 546 valence electrons. The molecule has 14 heteroatoms. The highest BCUT2D eigenvalue weighted by atomic mass is 19.3. The second-order valence-electron chi connectivity index (χ2n) is 39.1. The van der Waals surface area contributed by atoms with Gasteiger partial charge in [0.15, 0.2) is 0 Å². The van der Waals surface area contributed by atoms with Crippen molar-refractivity contribution in [3.8, 4) is 0 Å². The van der Waals surface area contributed by atoms with Crippen molar-refractivity contribution in [1.29, 1.82) is 0 Å². The molecule has 0 amide bonds. The van der Waals surface area contributed by atoms with Gasteiger partial charge in [0.2, 0.25) is 0 Å². The number of rotatable bonds is 0. The summed E-state index contributed by atoms with van der Waals surface area (Å²) in [6.07, 6.45) is -3.72. The minimum Gasteiger partial charge on any atom is -0.377 e. The Balaban J connectivity index is 0.000000387. The zero-order valence-electron chi connectivity index (χ0n) is 66.8. The van der Waals surface area contributed by atoms with Crippen LogP contribution in [0.25, 0.3) is 11.0 Å². The van der Waals surface area contributed by atoms with Crippen LogP contribution in [0.1, 0.15) is 272 Å². The lowest BCUT2D eigenvalue weighted by Crippen LogP contribution is -2.52. The summed E-state index contributed by atoms with van der Waals surface area (Å²) in [5, 5.41) is 0. The van der Waals surface area contributed by atoms with E-state index in [1.807, 2.05) is 65.8 Å². The second-order valence-corrected chi connectivity index (χ2v) is 39.1. The van der Waals surface area contributed by atoms with Gasteiger partial charge in [-0.25, -0.2) is 9.97 Å². The number of hydrogen-bond donors (Lipinski definition) is 0. The summed E-state index contributed by atoms with van der Waals surface area (Å²) in [5.74, 6) is 0. The molecule has 0 bridgehead atoms. The number of fused-ring (bicyclic) bond motifs is 1. The maximum absolute atomic E-state index is 13.1. The lowest BCUT2D eigenvalue weighted by molar-refractivity contribution is -0.357. The Kier molecular flexibility index (Phi) is 31.2. The topological polar surface area (TPSA) is 118 Å². The van der Waals surface area contributed by atoms with Crippen molar-refractivity contribution in [2.75, 3.05) is 59.6 Å². The molecule has 4 fully saturated rings. The van der Waals surface area contributed by atoms with Gasteiger partial charge in [0, 0.05) is 10.8 Å². The Morgan fingerprint density at radius 3 is 0.723 bits per heavy atom. The van der Waals surface area contributed by atoms with Gasteiger partial charge in [-0.15, -0.1) is 8.78 Å². The molecule has 0 spiro atoms. The van der Waals surface area contributed by atoms with E-state index >= 15 is 0 Å². The molecule has 3 aromatic rings. The van der Waals surface area contributed by atoms with Gasteiger partial charge < -0.3 is 37.9 Å². The van der Waals surface area contributed by atoms with Gasteiger partial charge in [-0.1, -0.05) is 286 Å². The number of alkyl halides is 2. The van der Waals surface area contributed by atoms with Crippen LogP contribution in [0.2, 0.25) is 0 Å². The van der Waals surface area contributed by atoms with E-state index in [1.54, 1.807) is 0 Å². The Bertz CT molecular complexity index is 2500. The van der Waals surface area contributed by atoms with Crippen molar-refractivity contribution < 1.29 is 56.1 Å². The first-order chi connectivity index (χ1) is 42.0. The van der Waals surface area contributed by atoms with Crippen LogP contribution in [0.3, 0.4) is 0 Å². The summed E-state index contributed by atoms with van der Waals surface area (Å²) < 4.78 is 81.7. The fourth-order valence-electron chi connectivity index (χ4n) is 11.6. The van der Waals surface area contributed by atoms with Crippen LogP contribution in [-0.4, -0.2) is 125 Å². The average Bonchev–Trinajstić information content (AvgIpc) is 1.24. The number of ether oxygens (including phenoxy) is 10. The maximum atomic E-state index is 13.1. The van der Waals surface area contributed by atoms with Gasteiger partial charge in [0.05, 0.1) is 124 Å². The number of benzene rings is 2. The van der Waals surface area contributed by atoms with E-state index in [0.717, 1.165) is 35.6 Å². The minimum absolute atomic E-state index is 0.0135. The van der Waals surface area contributed by atoms with Crippen molar-refractivity contribution in [2.45, 2.75) is 326 Å². The standard InChI is InChI=1S/C16H22N2.C16H32O4.C14H22.C12H24O2.C11H20F2O2.C11H22O2/c1-15(2,3)13-14(16(4,5)6)18-12-10-8-7-9-11(12)17-13;1-15(2,3)13-14(16(4,5)6)20-12-10-18-8-7-17-9-11-19-13;1-13(2,3)11-9-7-8-10-12(11)14(4,5)6;1-11(2,3)9-10(12(4,5)6)14-8-7-13-9;1-9(2,3)7-8(10(4,5)6)15-11(12,13)14-7;1-10(2,3)8-9(11(4,5)6)13-7-12-8/h7-10H,1-6H3;13-14H,7-12H2,1-6H3;7-10H,1-6H3;9-10H,7-8H2,1-6H3;7-8H,1-6H3;8-9H,7H2,1-6H3. The van der Waals surface area contributed by atoms with Gasteiger partial charge in [0.1, 0.15) is 6.79 Å². The van der Waals surface area contributed by atoms with E-state index in [-0.39, 0.29) is 102 Å². The van der Waals surface area contributed by atoms with E-state index in [1.165, 1.54) is 11.1 Å². The van der Waals surface area contributed by atoms with Gasteiger partial charge in [0.25, 0.3) is 0 Å². The number of hydrogen-bond acceptors (Lipinski definition) is 12. The fourth-order valence-corrected chi connectivity index (χ4v) is 11.6. The molecule has 4 aliphatic heterocycles. The molecular formula is C80H142F2N2O10. The number of aromatic nitrogens is 2. The molecule has 0 radical (unpaired) electrons. The number of halogens is 2. The molecule has 1 aromatic heterocycles. The van der Waals surface area contributed by atoms with Gasteiger partial charge in [-0.05, 0) is 77.4 Å². The van der Waals surface area contributed by atoms with Crippen LogP contribution in [0.4, 0.5) is 8.78 Å². The normalized spacial score (nSPS) is 24.4. The second kappa shape index (κ2) is 33.6. The zero-order chi connectivity index (χ0) is 73.1. The highest BCUT2D eigenvalue weighted by molar-refractivity contribution is 5.74. The summed E-state index contributed by atoms with van der Waals surface area (Å²) in [6, 6.07) is 16.9. The summed E-state index contributed by atoms with van der Waals surface area (Å²) in [7, 11) is 0. The summed E-state index contributed by atoms with van der Waals surface area (Å²) in [6.45, 7) is 83.3. The summed E-state index contributed by atoms with van der Waals surface area (Å²) in [5.41, 5.74) is 7.54. The molecule has 4 aliphatic rings. The minimum atomic E-state index is -3.45. The molecule has 0 aliphatic carbocycles. The van der Waals surface area contributed by atoms with E-state index < -0.39 is 18.5 Å². The van der Waals surface area contributed by atoms with Crippen molar-refractivity contribution in [3.63, 3.8) is 0 Å². The third kappa shape index (κ3) is 28.8. The van der Waals surface area contributed by atoms with Crippen molar-refractivity contribution in [1.82, 2.24) is 9.97 Å². The molecule has 2 aromatic carbocycles. The zero-order valence-corrected chi connectivity index (χ0v) is 66.8. The van der Waals surface area contributed by atoms with Crippen molar-refractivity contribution >= 4 is 11.0 Å². The average molecular weight is 1330 g/mol. The van der Waals surface area contributed by atoms with Crippen LogP contribution in [-0.2, 0) is 69.0 Å². The van der Waals surface area contributed by atoms with Crippen molar-refractivity contribution in [3.05, 3.63) is 71.0 Å². The Labute approximate surface area is 574 Å². The molecule has 0 N–H and O–H groups in total. The van der Waals surface area contributed by atoms with Crippen LogP contribution in [0.5, 0.6) is 0 Å². The predicted molar refractivity (Wildman–Crippen MR) is 386 cm³/mol. The smallest absolute Gasteiger partial charge is 0.377 e. The van der Waals surface area contributed by atoms with Gasteiger partial charge in [-0.3, -0.25) is 9.47 Å². The lowest BCUT2D eigenvalue weighted by atomic mass is 9.75. The third-order valence-electron chi connectivity index (χ3n) is 16.6. The summed E-state index contributed by atoms with van der Waals surface area (Å²) in [4.78, 5) is 9.70. The summed E-state index contributed by atoms with van der Waals surface area (Å²) >= 11 is 0. The van der Waals surface area contributed by atoms with Crippen LogP contribution in [0.15, 0.2) is 48.5 Å². The predicted octanol–water partition coefficient (Wildman–Crippen LogP) is 20.5. The first-order valence-electron chi connectivity index (χ1n) is 35.0. The Morgan fingerprint density at radius 1 is 0.287 bits per heavy atom. The van der Waals surface area contributed by atoms with E-state index in [9.17, 15) is 8.78 Å². The highest BCUT2D eigenvalue weighted by Gasteiger charge is 2.57. The SMILES string of the molecule is CC(C)(C)C1OC(F)(F)OC1C(C)(C)C.CC(C)(C)C1OCCOC1C(C)(C)C.CC(C)(C)C1OCCOCCOCCOC1C(C)(C)C.CC(C)(C)C1OCOC1C(C)(C)C.CC(C)(C)c1ccccc1C(C)(C)C.CC(C)(C)c1nc2ccccc2nc1C(C)(C)C. The molecule has 5 heterocycles. The molecule has 8 atom stereocenters. The van der Waals surface area contributed by atoms with E-state index in [2.05, 4.69) is 232 Å². The monoisotopic (exact) mass is 1330 g/mol. The van der Waals surface area contributed by atoms with E-state index in [0.29, 0.717) is 46.4 Å². The molecule has 94 heavy (non-hydrogen) atoms. The fraction of sp³-hybridized carbons (Fsp3) is 0.825. The lowest BCUT2D eigenvalue weighted by Gasteiger charge is -2.45. The molecule has 7 rings (SSSR count). The molecule has 4 saturated heterocycles. The van der Waals surface area contributed by atoms with Crippen LogP contribution in [0, 0.1) is 43.3 Å². The molecule has 12 nitrogen and oxygen atoms in total. The molecule has 0 saturated carbocycles. The quantitative estimate of drug-likeness (QED) is 0.213. The first kappa shape index (κ1) is 87.3. The maximum Gasteiger partial charge on any atom is 0.486 e. The Morgan fingerprint density at radius 2 is 0.500 bits per heavy atom. The van der Waals surface area contributed by atoms with E-state index in [4.69, 9.17) is 57.3 Å². The molecule has 8 unspecified atom stereocenters.